The van der Waals surface area contributed by atoms with Crippen molar-refractivity contribution in [2.24, 2.45) is 10.8 Å². The summed E-state index contributed by atoms with van der Waals surface area (Å²) < 4.78 is 18.2. The molecule has 0 saturated carbocycles. The number of benzene rings is 2. The van der Waals surface area contributed by atoms with Gasteiger partial charge in [0.15, 0.2) is 29.7 Å². The van der Waals surface area contributed by atoms with Crippen LogP contribution in [0.15, 0.2) is 59.1 Å². The van der Waals surface area contributed by atoms with Gasteiger partial charge in [-0.2, -0.15) is 0 Å². The normalized spacial score (nSPS) is 19.6. The first-order valence-electron chi connectivity index (χ1n) is 14.1. The van der Waals surface area contributed by atoms with Gasteiger partial charge in [-0.3, -0.25) is 14.4 Å². The molecule has 9 heteroatoms. The van der Waals surface area contributed by atoms with Crippen LogP contribution in [0.25, 0.3) is 0 Å². The van der Waals surface area contributed by atoms with Gasteiger partial charge in [0.05, 0.1) is 16.7 Å². The van der Waals surface area contributed by atoms with Crippen LogP contribution in [-0.4, -0.2) is 30.7 Å². The number of allylic oxidation sites excluding steroid dienone is 4. The third kappa shape index (κ3) is 6.23. The molecule has 2 aromatic rings. The minimum absolute atomic E-state index is 0.00676. The lowest BCUT2D eigenvalue weighted by Gasteiger charge is -2.42. The Labute approximate surface area is 256 Å². The highest BCUT2D eigenvalue weighted by Crippen LogP contribution is 2.53. The molecule has 1 amide bonds. The molecule has 0 bridgehead atoms. The molecule has 5 rings (SSSR count). The van der Waals surface area contributed by atoms with Crippen molar-refractivity contribution in [1.82, 2.24) is 0 Å². The largest absolute Gasteiger partial charge is 0.490 e. The van der Waals surface area contributed by atoms with Crippen LogP contribution in [0.5, 0.6) is 11.5 Å². The number of Topliss-reactive ketones (excluding diaryl/α,β-unsaturated/α-hetero) is 2. The second kappa shape index (κ2) is 11.4. The third-order valence-corrected chi connectivity index (χ3v) is 8.48. The fraction of sp³-hybridized carbons (Fsp3) is 0.424. The number of hydrogen-bond donors (Lipinski definition) is 1. The first-order valence-corrected chi connectivity index (χ1v) is 14.9. The third-order valence-electron chi connectivity index (χ3n) is 7.74. The minimum Gasteiger partial charge on any atom is -0.490 e. The highest BCUT2D eigenvalue weighted by atomic mass is 35.5. The highest BCUT2D eigenvalue weighted by molar-refractivity contribution is 6.42. The summed E-state index contributed by atoms with van der Waals surface area (Å²) in [4.78, 5) is 39.8. The van der Waals surface area contributed by atoms with Crippen molar-refractivity contribution in [1.29, 1.82) is 0 Å². The molecule has 0 saturated heterocycles. The van der Waals surface area contributed by atoms with E-state index in [-0.39, 0.29) is 34.9 Å². The van der Waals surface area contributed by atoms with Crippen LogP contribution in [0.4, 0.5) is 5.69 Å². The maximum absolute atomic E-state index is 13.6. The maximum Gasteiger partial charge on any atom is 0.262 e. The quantitative estimate of drug-likeness (QED) is 0.343. The van der Waals surface area contributed by atoms with Crippen LogP contribution in [0.2, 0.25) is 10.0 Å². The summed E-state index contributed by atoms with van der Waals surface area (Å²) in [6.07, 6.45) is 1.98. The van der Waals surface area contributed by atoms with Crippen LogP contribution in [-0.2, 0) is 19.1 Å². The Hall–Kier alpha value is -3.29. The molecule has 7 nitrogen and oxygen atoms in total. The Balaban J connectivity index is 1.47. The zero-order valence-electron chi connectivity index (χ0n) is 24.5. The molecular weight excluding hydrogens is 577 g/mol. The van der Waals surface area contributed by atoms with Gasteiger partial charge in [-0.25, -0.2) is 0 Å². The first kappa shape index (κ1) is 30.2. The lowest BCUT2D eigenvalue weighted by Crippen LogP contribution is -2.37. The molecule has 2 aliphatic carbocycles. The lowest BCUT2D eigenvalue weighted by atomic mass is 9.65. The van der Waals surface area contributed by atoms with Gasteiger partial charge in [0.25, 0.3) is 5.91 Å². The second-order valence-electron chi connectivity index (χ2n) is 12.7. The number of halogens is 2. The fourth-order valence-electron chi connectivity index (χ4n) is 6.01. The van der Waals surface area contributed by atoms with Crippen molar-refractivity contribution in [3.8, 4) is 11.5 Å². The van der Waals surface area contributed by atoms with Gasteiger partial charge in [-0.05, 0) is 53.6 Å². The van der Waals surface area contributed by atoms with Crippen LogP contribution in [0, 0.1) is 10.8 Å². The summed E-state index contributed by atoms with van der Waals surface area (Å²) >= 11 is 12.0. The van der Waals surface area contributed by atoms with E-state index in [0.29, 0.717) is 82.2 Å². The highest BCUT2D eigenvalue weighted by Gasteiger charge is 2.48. The van der Waals surface area contributed by atoms with E-state index in [4.69, 9.17) is 37.4 Å². The molecule has 1 N–H and O–H groups in total. The van der Waals surface area contributed by atoms with E-state index in [1.54, 1.807) is 30.3 Å². The van der Waals surface area contributed by atoms with E-state index in [2.05, 4.69) is 33.0 Å². The van der Waals surface area contributed by atoms with Crippen LogP contribution < -0.4 is 14.8 Å². The number of nitrogens with one attached hydrogen (secondary N) is 1. The monoisotopic (exact) mass is 611 g/mol. The van der Waals surface area contributed by atoms with Gasteiger partial charge in [0, 0.05) is 48.4 Å². The number of hydrogen-bond acceptors (Lipinski definition) is 6. The van der Waals surface area contributed by atoms with Crippen molar-refractivity contribution < 1.29 is 28.6 Å². The fourth-order valence-corrected chi connectivity index (χ4v) is 6.31. The van der Waals surface area contributed by atoms with E-state index in [1.165, 1.54) is 0 Å². The van der Waals surface area contributed by atoms with Gasteiger partial charge < -0.3 is 19.5 Å². The zero-order chi connectivity index (χ0) is 30.4. The summed E-state index contributed by atoms with van der Waals surface area (Å²) in [5.74, 6) is 1.14. The number of ketones is 2. The maximum atomic E-state index is 13.6. The number of ether oxygens (including phenoxy) is 3. The molecule has 0 radical (unpaired) electrons. The molecule has 222 valence electrons. The second-order valence-corrected chi connectivity index (χ2v) is 13.5. The molecule has 3 aliphatic rings. The molecular formula is C33H35Cl2NO6. The molecule has 1 aliphatic heterocycles. The van der Waals surface area contributed by atoms with E-state index in [1.807, 2.05) is 13.0 Å². The minimum atomic E-state index is -0.554. The van der Waals surface area contributed by atoms with E-state index >= 15 is 0 Å². The predicted octanol–water partition coefficient (Wildman–Crippen LogP) is 7.81. The van der Waals surface area contributed by atoms with Gasteiger partial charge >= 0.3 is 0 Å². The summed E-state index contributed by atoms with van der Waals surface area (Å²) in [6.45, 7) is 10.2. The topological polar surface area (TPSA) is 90.9 Å². The SMILES string of the molecule is CCOc1cc(C2C3=C(CC(C)(C)CC3=O)OC3=C2C(=O)CC(C)(C)C3)ccc1OCC(=O)Nc1ccc(Cl)c(Cl)c1. The van der Waals surface area contributed by atoms with E-state index in [9.17, 15) is 14.4 Å². The van der Waals surface area contributed by atoms with Gasteiger partial charge in [0.1, 0.15) is 11.5 Å². The number of carbonyl (C=O) groups excluding carboxylic acids is 3. The number of rotatable bonds is 7. The average molecular weight is 613 g/mol. The number of carbonyl (C=O) groups is 3. The molecule has 1 heterocycles. The van der Waals surface area contributed by atoms with Crippen LogP contribution in [0.3, 0.4) is 0 Å². The van der Waals surface area contributed by atoms with Crippen molar-refractivity contribution in [2.45, 2.75) is 66.2 Å². The zero-order valence-corrected chi connectivity index (χ0v) is 26.0. The van der Waals surface area contributed by atoms with E-state index in [0.717, 1.165) is 5.56 Å². The number of anilines is 1. The Morgan fingerprint density at radius 3 is 2.05 bits per heavy atom. The smallest absolute Gasteiger partial charge is 0.262 e. The Morgan fingerprint density at radius 1 is 0.857 bits per heavy atom. The summed E-state index contributed by atoms with van der Waals surface area (Å²) in [5.41, 5.74) is 1.87. The van der Waals surface area contributed by atoms with Gasteiger partial charge in [0.2, 0.25) is 0 Å². The average Bonchev–Trinajstić information content (AvgIpc) is 2.87. The van der Waals surface area contributed by atoms with E-state index < -0.39 is 5.92 Å². The summed E-state index contributed by atoms with van der Waals surface area (Å²) in [5, 5.41) is 3.45. The van der Waals surface area contributed by atoms with Gasteiger partial charge in [-0.15, -0.1) is 0 Å². The van der Waals surface area contributed by atoms with Crippen LogP contribution >= 0.6 is 23.2 Å². The summed E-state index contributed by atoms with van der Waals surface area (Å²) in [7, 11) is 0. The molecule has 42 heavy (non-hydrogen) atoms. The van der Waals surface area contributed by atoms with Crippen molar-refractivity contribution in [3.63, 3.8) is 0 Å². The molecule has 0 unspecified atom stereocenters. The van der Waals surface area contributed by atoms with Crippen molar-refractivity contribution in [2.75, 3.05) is 18.5 Å². The Morgan fingerprint density at radius 2 is 1.48 bits per heavy atom. The lowest BCUT2D eigenvalue weighted by molar-refractivity contribution is -0.120. The summed E-state index contributed by atoms with van der Waals surface area (Å²) in [6, 6.07) is 10.2. The molecule has 0 atom stereocenters. The van der Waals surface area contributed by atoms with Crippen molar-refractivity contribution in [3.05, 3.63) is 74.7 Å². The molecule has 0 aromatic heterocycles. The predicted molar refractivity (Wildman–Crippen MR) is 162 cm³/mol. The van der Waals surface area contributed by atoms with Crippen molar-refractivity contribution >= 4 is 46.4 Å². The first-order chi connectivity index (χ1) is 19.8. The molecule has 0 spiro atoms. The number of amides is 1. The Kier molecular flexibility index (Phi) is 8.20. The standard InChI is InChI=1S/C33H35Cl2NO6/c1-6-40-25-11-18(7-10-24(25)41-17-28(39)36-19-8-9-20(34)21(35)12-19)29-30-22(37)13-32(2,3)15-26(30)42-27-16-33(4,5)14-23(38)31(27)29/h7-12,29H,6,13-17H2,1-5H3,(H,36,39). The Bertz CT molecular complexity index is 1480. The van der Waals surface area contributed by atoms with Crippen LogP contribution in [0.1, 0.15) is 71.8 Å². The molecule has 2 aromatic carbocycles. The van der Waals surface area contributed by atoms with Gasteiger partial charge in [-0.1, -0.05) is 57.0 Å². The molecule has 0 fully saturated rings.